The number of anilines is 1. The van der Waals surface area contributed by atoms with Crippen molar-refractivity contribution in [3.8, 4) is 0 Å². The van der Waals surface area contributed by atoms with Gasteiger partial charge in [-0.3, -0.25) is 9.59 Å². The number of rotatable bonds is 3. The summed E-state index contributed by atoms with van der Waals surface area (Å²) in [4.78, 5) is 26.2. The van der Waals surface area contributed by atoms with E-state index >= 15 is 0 Å². The van der Waals surface area contributed by atoms with Gasteiger partial charge in [-0.25, -0.2) is 4.39 Å². The first kappa shape index (κ1) is 16.2. The van der Waals surface area contributed by atoms with E-state index in [1.54, 1.807) is 24.0 Å². The third-order valence-electron chi connectivity index (χ3n) is 4.10. The maximum Gasteiger partial charge on any atom is 0.253 e. The molecule has 0 saturated carbocycles. The van der Waals surface area contributed by atoms with Crippen molar-refractivity contribution in [2.24, 2.45) is 5.92 Å². The Morgan fingerprint density at radius 2 is 2.04 bits per heavy atom. The fourth-order valence-corrected chi connectivity index (χ4v) is 2.80. The van der Waals surface area contributed by atoms with Gasteiger partial charge < -0.3 is 14.7 Å². The molecule has 0 bridgehead atoms. The van der Waals surface area contributed by atoms with Crippen LogP contribution in [0.4, 0.5) is 10.2 Å². The highest BCUT2D eigenvalue weighted by Gasteiger charge is 2.28. The van der Waals surface area contributed by atoms with Gasteiger partial charge in [0, 0.05) is 30.6 Å². The van der Waals surface area contributed by atoms with Crippen molar-refractivity contribution in [2.75, 3.05) is 18.4 Å². The molecule has 1 fully saturated rings. The first-order chi connectivity index (χ1) is 11.5. The Hall–Kier alpha value is -2.70. The van der Waals surface area contributed by atoms with Crippen LogP contribution in [0.2, 0.25) is 0 Å². The Kier molecular flexibility index (Phi) is 4.59. The standard InChI is InChI=1S/C17H18FN3O3/c1-11-9-15(20-24-11)19-16(22)12-5-7-21(8-6-12)17(23)13-3-2-4-14(18)10-13/h2-4,9-10,12H,5-8H2,1H3,(H,19,20,22). The number of carbonyl (C=O) groups is 2. The Morgan fingerprint density at radius 1 is 1.29 bits per heavy atom. The molecule has 0 spiro atoms. The molecule has 1 aromatic heterocycles. The summed E-state index contributed by atoms with van der Waals surface area (Å²) >= 11 is 0. The number of amides is 2. The molecule has 0 atom stereocenters. The van der Waals surface area contributed by atoms with E-state index in [9.17, 15) is 14.0 Å². The van der Waals surface area contributed by atoms with Gasteiger partial charge in [-0.05, 0) is 38.0 Å². The average molecular weight is 331 g/mol. The van der Waals surface area contributed by atoms with E-state index in [4.69, 9.17) is 4.52 Å². The molecule has 3 rings (SSSR count). The van der Waals surface area contributed by atoms with Crippen LogP contribution < -0.4 is 5.32 Å². The topological polar surface area (TPSA) is 75.4 Å². The predicted octanol–water partition coefficient (Wildman–Crippen LogP) is 2.61. The van der Waals surface area contributed by atoms with Gasteiger partial charge in [-0.15, -0.1) is 0 Å². The molecule has 2 aromatic rings. The quantitative estimate of drug-likeness (QED) is 0.938. The first-order valence-electron chi connectivity index (χ1n) is 7.82. The molecule has 0 radical (unpaired) electrons. The predicted molar refractivity (Wildman–Crippen MR) is 84.9 cm³/mol. The molecule has 1 aliphatic heterocycles. The number of aryl methyl sites for hydroxylation is 1. The zero-order chi connectivity index (χ0) is 17.1. The molecule has 6 nitrogen and oxygen atoms in total. The van der Waals surface area contributed by atoms with Crippen LogP contribution in [0.25, 0.3) is 0 Å². The van der Waals surface area contributed by atoms with Gasteiger partial charge in [0.25, 0.3) is 5.91 Å². The van der Waals surface area contributed by atoms with Gasteiger partial charge in [0.2, 0.25) is 5.91 Å². The van der Waals surface area contributed by atoms with Crippen molar-refractivity contribution in [2.45, 2.75) is 19.8 Å². The molecule has 0 unspecified atom stereocenters. The average Bonchev–Trinajstić information content (AvgIpc) is 2.99. The van der Waals surface area contributed by atoms with Crippen molar-refractivity contribution in [1.82, 2.24) is 10.1 Å². The van der Waals surface area contributed by atoms with Gasteiger partial charge >= 0.3 is 0 Å². The number of nitrogens with one attached hydrogen (secondary N) is 1. The van der Waals surface area contributed by atoms with E-state index < -0.39 is 5.82 Å². The Bertz CT molecular complexity index is 751. The number of nitrogens with zero attached hydrogens (tertiary/aromatic N) is 2. The van der Waals surface area contributed by atoms with Crippen molar-refractivity contribution >= 4 is 17.6 Å². The summed E-state index contributed by atoms with van der Waals surface area (Å²) in [5, 5.41) is 6.45. The smallest absolute Gasteiger partial charge is 0.253 e. The van der Waals surface area contributed by atoms with E-state index in [0.717, 1.165) is 0 Å². The van der Waals surface area contributed by atoms with Crippen LogP contribution >= 0.6 is 0 Å². The van der Waals surface area contributed by atoms with Crippen LogP contribution in [0, 0.1) is 18.7 Å². The summed E-state index contributed by atoms with van der Waals surface area (Å²) in [7, 11) is 0. The fourth-order valence-electron chi connectivity index (χ4n) is 2.80. The lowest BCUT2D eigenvalue weighted by molar-refractivity contribution is -0.121. The highest BCUT2D eigenvalue weighted by Crippen LogP contribution is 2.21. The number of piperidine rings is 1. The zero-order valence-corrected chi connectivity index (χ0v) is 13.3. The van der Waals surface area contributed by atoms with E-state index in [0.29, 0.717) is 43.1 Å². The summed E-state index contributed by atoms with van der Waals surface area (Å²) in [6.07, 6.45) is 1.12. The fraction of sp³-hybridized carbons (Fsp3) is 0.353. The molecule has 1 aliphatic rings. The summed E-state index contributed by atoms with van der Waals surface area (Å²) in [6.45, 7) is 2.68. The lowest BCUT2D eigenvalue weighted by atomic mass is 9.95. The van der Waals surface area contributed by atoms with Crippen LogP contribution in [-0.2, 0) is 4.79 Å². The Morgan fingerprint density at radius 3 is 2.67 bits per heavy atom. The SMILES string of the molecule is Cc1cc(NC(=O)C2CCN(C(=O)c3cccc(F)c3)CC2)no1. The number of halogens is 1. The van der Waals surface area contributed by atoms with Crippen molar-refractivity contribution < 1.29 is 18.5 Å². The largest absolute Gasteiger partial charge is 0.360 e. The molecule has 1 aromatic carbocycles. The molecule has 1 N–H and O–H groups in total. The van der Waals surface area contributed by atoms with Gasteiger partial charge in [0.15, 0.2) is 5.82 Å². The second-order valence-corrected chi connectivity index (χ2v) is 5.89. The van der Waals surface area contributed by atoms with Crippen LogP contribution in [0.3, 0.4) is 0 Å². The Balaban J connectivity index is 1.55. The minimum atomic E-state index is -0.432. The second-order valence-electron chi connectivity index (χ2n) is 5.89. The third kappa shape index (κ3) is 3.61. The van der Waals surface area contributed by atoms with Crippen LogP contribution in [-0.4, -0.2) is 35.0 Å². The Labute approximate surface area is 138 Å². The van der Waals surface area contributed by atoms with E-state index in [-0.39, 0.29) is 17.7 Å². The minimum absolute atomic E-state index is 0.124. The van der Waals surface area contributed by atoms with Gasteiger partial charge in [0.05, 0.1) is 0 Å². The van der Waals surface area contributed by atoms with Crippen molar-refractivity contribution in [1.29, 1.82) is 0 Å². The maximum absolute atomic E-state index is 13.2. The van der Waals surface area contributed by atoms with Crippen LogP contribution in [0.5, 0.6) is 0 Å². The molecule has 2 amide bonds. The van der Waals surface area contributed by atoms with E-state index in [1.165, 1.54) is 18.2 Å². The number of likely N-dealkylation sites (tertiary alicyclic amines) is 1. The lowest BCUT2D eigenvalue weighted by Crippen LogP contribution is -2.41. The zero-order valence-electron chi connectivity index (χ0n) is 13.3. The van der Waals surface area contributed by atoms with Crippen molar-refractivity contribution in [3.05, 3.63) is 47.5 Å². The number of hydrogen-bond acceptors (Lipinski definition) is 4. The lowest BCUT2D eigenvalue weighted by Gasteiger charge is -2.31. The molecule has 0 aliphatic carbocycles. The van der Waals surface area contributed by atoms with E-state index in [1.807, 2.05) is 0 Å². The highest BCUT2D eigenvalue weighted by molar-refractivity contribution is 5.95. The van der Waals surface area contributed by atoms with Gasteiger partial charge in [-0.2, -0.15) is 0 Å². The van der Waals surface area contributed by atoms with Gasteiger partial charge in [-0.1, -0.05) is 11.2 Å². The molecule has 1 saturated heterocycles. The summed E-state index contributed by atoms with van der Waals surface area (Å²) in [6, 6.07) is 7.30. The number of aromatic nitrogens is 1. The summed E-state index contributed by atoms with van der Waals surface area (Å²) < 4.78 is 18.1. The number of hydrogen-bond donors (Lipinski definition) is 1. The number of carbonyl (C=O) groups excluding carboxylic acids is 2. The molecule has 2 heterocycles. The van der Waals surface area contributed by atoms with Crippen LogP contribution in [0.15, 0.2) is 34.9 Å². The second kappa shape index (κ2) is 6.82. The molecular weight excluding hydrogens is 313 g/mol. The molecule has 24 heavy (non-hydrogen) atoms. The molecule has 7 heteroatoms. The summed E-state index contributed by atoms with van der Waals surface area (Å²) in [5.41, 5.74) is 0.330. The first-order valence-corrected chi connectivity index (χ1v) is 7.82. The normalized spacial score (nSPS) is 15.3. The highest BCUT2D eigenvalue weighted by atomic mass is 19.1. The minimum Gasteiger partial charge on any atom is -0.360 e. The van der Waals surface area contributed by atoms with E-state index in [2.05, 4.69) is 10.5 Å². The molecule has 126 valence electrons. The maximum atomic E-state index is 13.2. The monoisotopic (exact) mass is 331 g/mol. The number of benzene rings is 1. The van der Waals surface area contributed by atoms with Gasteiger partial charge in [0.1, 0.15) is 11.6 Å². The third-order valence-corrected chi connectivity index (χ3v) is 4.10. The van der Waals surface area contributed by atoms with Crippen molar-refractivity contribution in [3.63, 3.8) is 0 Å². The summed E-state index contributed by atoms with van der Waals surface area (Å²) in [5.74, 6) is 0.0785. The van der Waals surface area contributed by atoms with Crippen LogP contribution in [0.1, 0.15) is 29.0 Å². The molecular formula is C17H18FN3O3.